The van der Waals surface area contributed by atoms with E-state index in [0.717, 1.165) is 4.90 Å². The molecule has 0 fully saturated rings. The first-order valence-electron chi connectivity index (χ1n) is 6.21. The van der Waals surface area contributed by atoms with Crippen LogP contribution >= 0.6 is 0 Å². The number of aliphatic hydroxyl groups excluding tert-OH is 1. The Labute approximate surface area is 121 Å². The highest BCUT2D eigenvalue weighted by Crippen LogP contribution is 2.25. The van der Waals surface area contributed by atoms with E-state index in [2.05, 4.69) is 5.32 Å². The highest BCUT2D eigenvalue weighted by molar-refractivity contribution is 5.82. The molecule has 0 aliphatic carbocycles. The first kappa shape index (κ1) is 16.6. The zero-order valence-electron chi connectivity index (χ0n) is 11.5. The minimum atomic E-state index is -1.23. The molecule has 0 aliphatic heterocycles. The van der Waals surface area contributed by atoms with Crippen molar-refractivity contribution in [2.45, 2.75) is 12.5 Å². The Kier molecular flexibility index (Phi) is 5.79. The molecular weight excluding hydrogens is 280 g/mol. The lowest BCUT2D eigenvalue weighted by atomic mass is 10.1. The second-order valence-corrected chi connectivity index (χ2v) is 4.51. The summed E-state index contributed by atoms with van der Waals surface area (Å²) in [4.78, 5) is 24.0. The molecule has 1 atom stereocenters. The fourth-order valence-electron chi connectivity index (χ4n) is 1.64. The predicted molar refractivity (Wildman–Crippen MR) is 73.1 cm³/mol. The van der Waals surface area contributed by atoms with E-state index in [1.54, 1.807) is 0 Å². The quantitative estimate of drug-likeness (QED) is 0.459. The summed E-state index contributed by atoms with van der Waals surface area (Å²) in [5.41, 5.74) is 0.447. The molecule has 0 aromatic heterocycles. The number of amides is 2. The molecule has 21 heavy (non-hydrogen) atoms. The summed E-state index contributed by atoms with van der Waals surface area (Å²) in [6, 6.07) is 2.11. The minimum Gasteiger partial charge on any atom is -0.504 e. The number of aromatic hydroxyl groups is 2. The number of hydrogen-bond donors (Lipinski definition) is 5. The van der Waals surface area contributed by atoms with Gasteiger partial charge in [0, 0.05) is 20.0 Å². The molecule has 0 aliphatic rings. The molecule has 116 valence electrons. The molecule has 1 aromatic carbocycles. The largest absolute Gasteiger partial charge is 0.504 e. The molecular formula is C13H18N2O6. The van der Waals surface area contributed by atoms with Gasteiger partial charge in [-0.3, -0.25) is 0 Å². The van der Waals surface area contributed by atoms with Crippen molar-refractivity contribution in [1.29, 1.82) is 0 Å². The lowest BCUT2D eigenvalue weighted by Crippen LogP contribution is -2.48. The van der Waals surface area contributed by atoms with Gasteiger partial charge in [0.2, 0.25) is 0 Å². The van der Waals surface area contributed by atoms with Crippen LogP contribution in [0.15, 0.2) is 18.2 Å². The van der Waals surface area contributed by atoms with Crippen LogP contribution in [0.5, 0.6) is 11.5 Å². The van der Waals surface area contributed by atoms with Crippen molar-refractivity contribution in [2.24, 2.45) is 0 Å². The third kappa shape index (κ3) is 4.84. The van der Waals surface area contributed by atoms with Gasteiger partial charge in [0.15, 0.2) is 11.5 Å². The maximum Gasteiger partial charge on any atom is 0.326 e. The predicted octanol–water partition coefficient (Wildman–Crippen LogP) is -0.273. The van der Waals surface area contributed by atoms with Crippen LogP contribution in [0.1, 0.15) is 5.56 Å². The van der Waals surface area contributed by atoms with Crippen LogP contribution in [0, 0.1) is 0 Å². The second-order valence-electron chi connectivity index (χ2n) is 4.51. The molecule has 5 N–H and O–H groups in total. The number of phenols is 2. The van der Waals surface area contributed by atoms with Crippen LogP contribution in [-0.4, -0.2) is 63.6 Å². The molecule has 0 spiro atoms. The molecule has 1 rings (SSSR count). The Hall–Kier alpha value is -2.48. The van der Waals surface area contributed by atoms with Crippen LogP contribution in [0.4, 0.5) is 4.79 Å². The Balaban J connectivity index is 2.76. The van der Waals surface area contributed by atoms with Crippen LogP contribution in [0.25, 0.3) is 0 Å². The minimum absolute atomic E-state index is 0.0537. The summed E-state index contributed by atoms with van der Waals surface area (Å²) in [5, 5.41) is 38.7. The number of rotatable bonds is 6. The lowest BCUT2D eigenvalue weighted by Gasteiger charge is -2.20. The smallest absolute Gasteiger partial charge is 0.326 e. The zero-order chi connectivity index (χ0) is 16.0. The summed E-state index contributed by atoms with van der Waals surface area (Å²) in [6.45, 7) is -0.147. The first-order chi connectivity index (χ1) is 9.85. The van der Waals surface area contributed by atoms with Gasteiger partial charge >= 0.3 is 12.0 Å². The van der Waals surface area contributed by atoms with Gasteiger partial charge in [-0.1, -0.05) is 6.07 Å². The van der Waals surface area contributed by atoms with Crippen molar-refractivity contribution in [3.8, 4) is 11.5 Å². The standard InChI is InChI=1S/C13H18N2O6/c1-15(4-5-16)13(21)14-9(12(19)20)6-8-2-3-10(17)11(18)7-8/h2-3,7,9,16-18H,4-6H2,1H3,(H,14,21)(H,19,20). The van der Waals surface area contributed by atoms with E-state index in [1.165, 1.54) is 25.2 Å². The lowest BCUT2D eigenvalue weighted by molar-refractivity contribution is -0.139. The number of benzene rings is 1. The van der Waals surface area contributed by atoms with Gasteiger partial charge < -0.3 is 30.6 Å². The molecule has 0 radical (unpaired) electrons. The average Bonchev–Trinajstić information content (AvgIpc) is 2.42. The number of aliphatic hydroxyl groups is 1. The van der Waals surface area contributed by atoms with Gasteiger partial charge in [0.05, 0.1) is 6.61 Å². The number of nitrogens with one attached hydrogen (secondary N) is 1. The Bertz CT molecular complexity index is 519. The molecule has 0 saturated carbocycles. The number of likely N-dealkylation sites (N-methyl/N-ethyl adjacent to an activating group) is 1. The van der Waals surface area contributed by atoms with Gasteiger partial charge in [-0.15, -0.1) is 0 Å². The second kappa shape index (κ2) is 7.34. The van der Waals surface area contributed by atoms with Crippen LogP contribution in [0.3, 0.4) is 0 Å². The molecule has 1 unspecified atom stereocenters. The summed E-state index contributed by atoms with van der Waals surface area (Å²) in [7, 11) is 1.43. The maximum absolute atomic E-state index is 11.7. The summed E-state index contributed by atoms with van der Waals surface area (Å²) >= 11 is 0. The van der Waals surface area contributed by atoms with E-state index in [4.69, 9.17) is 10.2 Å². The number of carbonyl (C=O) groups excluding carboxylic acids is 1. The van der Waals surface area contributed by atoms with E-state index >= 15 is 0 Å². The van der Waals surface area contributed by atoms with Gasteiger partial charge in [0.25, 0.3) is 0 Å². The Morgan fingerprint density at radius 2 is 1.95 bits per heavy atom. The number of carboxylic acid groups (broad SMARTS) is 1. The normalized spacial score (nSPS) is 11.7. The van der Waals surface area contributed by atoms with Crippen molar-refractivity contribution < 1.29 is 30.0 Å². The monoisotopic (exact) mass is 298 g/mol. The van der Waals surface area contributed by atoms with Gasteiger partial charge in [0.1, 0.15) is 6.04 Å². The summed E-state index contributed by atoms with van der Waals surface area (Å²) < 4.78 is 0. The van der Waals surface area contributed by atoms with Crippen LogP contribution < -0.4 is 5.32 Å². The Morgan fingerprint density at radius 3 is 2.48 bits per heavy atom. The van der Waals surface area contributed by atoms with E-state index in [0.29, 0.717) is 5.56 Å². The molecule has 2 amide bonds. The van der Waals surface area contributed by atoms with Crippen LogP contribution in [0.2, 0.25) is 0 Å². The summed E-state index contributed by atoms with van der Waals surface area (Å²) in [5.74, 6) is -1.90. The molecule has 8 nitrogen and oxygen atoms in total. The van der Waals surface area contributed by atoms with E-state index in [-0.39, 0.29) is 31.1 Å². The number of aliphatic carboxylic acids is 1. The average molecular weight is 298 g/mol. The number of urea groups is 1. The van der Waals surface area contributed by atoms with Gasteiger partial charge in [-0.25, -0.2) is 9.59 Å². The van der Waals surface area contributed by atoms with Crippen molar-refractivity contribution in [3.63, 3.8) is 0 Å². The molecule has 1 aromatic rings. The number of carboxylic acids is 1. The van der Waals surface area contributed by atoms with E-state index in [1.807, 2.05) is 0 Å². The first-order valence-corrected chi connectivity index (χ1v) is 6.21. The van der Waals surface area contributed by atoms with Gasteiger partial charge in [-0.2, -0.15) is 0 Å². The molecule has 0 bridgehead atoms. The third-order valence-corrected chi connectivity index (χ3v) is 2.86. The van der Waals surface area contributed by atoms with Gasteiger partial charge in [-0.05, 0) is 17.7 Å². The topological polar surface area (TPSA) is 130 Å². The SMILES string of the molecule is CN(CCO)C(=O)NC(Cc1ccc(O)c(O)c1)C(=O)O. The number of nitrogens with zero attached hydrogens (tertiary/aromatic N) is 1. The fourth-order valence-corrected chi connectivity index (χ4v) is 1.64. The van der Waals surface area contributed by atoms with Crippen molar-refractivity contribution in [3.05, 3.63) is 23.8 Å². The van der Waals surface area contributed by atoms with E-state index < -0.39 is 18.0 Å². The summed E-state index contributed by atoms with van der Waals surface area (Å²) in [6.07, 6.45) is -0.0537. The molecule has 0 saturated heterocycles. The van der Waals surface area contributed by atoms with Crippen molar-refractivity contribution in [2.75, 3.05) is 20.2 Å². The number of phenolic OH excluding ortho intramolecular Hbond substituents is 2. The van der Waals surface area contributed by atoms with Crippen molar-refractivity contribution in [1.82, 2.24) is 10.2 Å². The van der Waals surface area contributed by atoms with E-state index in [9.17, 15) is 19.8 Å². The molecule has 8 heteroatoms. The highest BCUT2D eigenvalue weighted by atomic mass is 16.4. The Morgan fingerprint density at radius 1 is 1.29 bits per heavy atom. The molecule has 0 heterocycles. The number of carbonyl (C=O) groups is 2. The third-order valence-electron chi connectivity index (χ3n) is 2.86. The highest BCUT2D eigenvalue weighted by Gasteiger charge is 2.22. The number of hydrogen-bond acceptors (Lipinski definition) is 5. The van der Waals surface area contributed by atoms with Crippen molar-refractivity contribution >= 4 is 12.0 Å². The maximum atomic E-state index is 11.7. The zero-order valence-corrected chi connectivity index (χ0v) is 11.5. The fraction of sp³-hybridized carbons (Fsp3) is 0.385. The van der Waals surface area contributed by atoms with Crippen LogP contribution in [-0.2, 0) is 11.2 Å².